The van der Waals surface area contributed by atoms with Gasteiger partial charge in [0.2, 0.25) is 5.96 Å². The predicted molar refractivity (Wildman–Crippen MR) is 95.1 cm³/mol. The summed E-state index contributed by atoms with van der Waals surface area (Å²) in [6, 6.07) is 14.8. The van der Waals surface area contributed by atoms with E-state index in [0.29, 0.717) is 5.02 Å². The summed E-state index contributed by atoms with van der Waals surface area (Å²) < 4.78 is 0. The van der Waals surface area contributed by atoms with Crippen molar-refractivity contribution in [3.05, 3.63) is 70.2 Å². The molecule has 0 aromatic heterocycles. The molecule has 2 aromatic carbocycles. The molecule has 5 heteroatoms. The molecule has 0 aliphatic rings. The average molecular weight is 321 g/mol. The van der Waals surface area contributed by atoms with Crippen molar-refractivity contribution in [2.75, 3.05) is 0 Å². The predicted octanol–water partition coefficient (Wildman–Crippen LogP) is 2.35. The van der Waals surface area contributed by atoms with Crippen LogP contribution in [0.4, 0.5) is 0 Å². The van der Waals surface area contributed by atoms with E-state index in [-0.39, 0.29) is 5.96 Å². The van der Waals surface area contributed by atoms with Crippen molar-refractivity contribution >= 4 is 23.8 Å². The van der Waals surface area contributed by atoms with Crippen LogP contribution in [0.1, 0.15) is 16.7 Å². The fourth-order valence-electron chi connectivity index (χ4n) is 1.58. The van der Waals surface area contributed by atoms with Gasteiger partial charge in [-0.25, -0.2) is 0 Å². The second-order valence-corrected chi connectivity index (χ2v) is 4.78. The number of nitrogens with zero attached hydrogens (tertiary/aromatic N) is 2. The molecular weight excluding hydrogens is 308 g/mol. The summed E-state index contributed by atoms with van der Waals surface area (Å²) in [7, 11) is 0. The Kier molecular flexibility index (Phi) is 5.82. The standard InChI is InChI=1S/C18H13ClN4/c19-17-8-4-3-7-16(17)6-2-1-5-14-9-11-15(12-10-14)13-22-23-18(20)21/h3-4,7-13H,(H4,20,21,23)/b22-13+. The van der Waals surface area contributed by atoms with Gasteiger partial charge in [-0.3, -0.25) is 0 Å². The van der Waals surface area contributed by atoms with Gasteiger partial charge in [-0.1, -0.05) is 47.7 Å². The lowest BCUT2D eigenvalue weighted by molar-refractivity contribution is 1.21. The van der Waals surface area contributed by atoms with Crippen LogP contribution in [0.2, 0.25) is 5.02 Å². The first kappa shape index (κ1) is 16.2. The van der Waals surface area contributed by atoms with E-state index in [0.717, 1.165) is 16.7 Å². The van der Waals surface area contributed by atoms with Gasteiger partial charge in [0.05, 0.1) is 11.2 Å². The molecule has 0 saturated carbocycles. The zero-order chi connectivity index (χ0) is 16.5. The van der Waals surface area contributed by atoms with E-state index in [4.69, 9.17) is 23.1 Å². The summed E-state index contributed by atoms with van der Waals surface area (Å²) in [5.41, 5.74) is 12.8. The van der Waals surface area contributed by atoms with Crippen LogP contribution in [0.3, 0.4) is 0 Å². The van der Waals surface area contributed by atoms with Gasteiger partial charge in [0.1, 0.15) is 0 Å². The summed E-state index contributed by atoms with van der Waals surface area (Å²) >= 11 is 6.01. The lowest BCUT2D eigenvalue weighted by Crippen LogP contribution is -2.21. The molecule has 0 heterocycles. The van der Waals surface area contributed by atoms with Crippen molar-refractivity contribution in [2.45, 2.75) is 0 Å². The maximum Gasteiger partial charge on any atom is 0.211 e. The smallest absolute Gasteiger partial charge is 0.211 e. The van der Waals surface area contributed by atoms with Crippen LogP contribution in [0.25, 0.3) is 0 Å². The van der Waals surface area contributed by atoms with E-state index in [2.05, 4.69) is 33.9 Å². The molecule has 4 N–H and O–H groups in total. The number of nitrogens with two attached hydrogens (primary N) is 2. The number of halogens is 1. The SMILES string of the molecule is NC(N)=N/N=C/c1ccc(C#CC#Cc2ccccc2Cl)cc1. The summed E-state index contributed by atoms with van der Waals surface area (Å²) in [5.74, 6) is 11.4. The zero-order valence-corrected chi connectivity index (χ0v) is 12.9. The quantitative estimate of drug-likeness (QED) is 0.386. The Morgan fingerprint density at radius 3 is 2.35 bits per heavy atom. The Morgan fingerprint density at radius 2 is 1.65 bits per heavy atom. The van der Waals surface area contributed by atoms with Gasteiger partial charge in [-0.2, -0.15) is 5.10 Å². The fourth-order valence-corrected chi connectivity index (χ4v) is 1.76. The van der Waals surface area contributed by atoms with Gasteiger partial charge in [0.15, 0.2) is 0 Å². The van der Waals surface area contributed by atoms with Gasteiger partial charge in [0.25, 0.3) is 0 Å². The summed E-state index contributed by atoms with van der Waals surface area (Å²) in [6.45, 7) is 0. The highest BCUT2D eigenvalue weighted by atomic mass is 35.5. The lowest BCUT2D eigenvalue weighted by atomic mass is 10.1. The molecule has 0 bridgehead atoms. The summed E-state index contributed by atoms with van der Waals surface area (Å²) in [6.07, 6.45) is 1.55. The molecule has 0 aliphatic heterocycles. The molecule has 23 heavy (non-hydrogen) atoms. The van der Waals surface area contributed by atoms with Crippen LogP contribution in [0.15, 0.2) is 58.7 Å². The maximum atomic E-state index is 6.01. The first-order chi connectivity index (χ1) is 11.1. The Bertz CT molecular complexity index is 856. The molecule has 4 nitrogen and oxygen atoms in total. The third kappa shape index (κ3) is 5.59. The van der Waals surface area contributed by atoms with Gasteiger partial charge in [0, 0.05) is 11.1 Å². The highest BCUT2D eigenvalue weighted by Gasteiger charge is 1.92. The summed E-state index contributed by atoms with van der Waals surface area (Å²) in [5, 5.41) is 7.87. The van der Waals surface area contributed by atoms with Gasteiger partial charge < -0.3 is 11.5 Å². The molecule has 0 amide bonds. The molecule has 0 aliphatic carbocycles. The normalized spacial score (nSPS) is 9.43. The van der Waals surface area contributed by atoms with Crippen LogP contribution in [-0.2, 0) is 0 Å². The Labute approximate surface area is 139 Å². The van der Waals surface area contributed by atoms with Crippen LogP contribution in [-0.4, -0.2) is 12.2 Å². The van der Waals surface area contributed by atoms with E-state index < -0.39 is 0 Å². The molecule has 0 atom stereocenters. The number of guanidine groups is 1. The van der Waals surface area contributed by atoms with Crippen molar-refractivity contribution in [2.24, 2.45) is 21.7 Å². The van der Waals surface area contributed by atoms with Gasteiger partial charge >= 0.3 is 0 Å². The minimum atomic E-state index is -0.0826. The van der Waals surface area contributed by atoms with E-state index >= 15 is 0 Å². The first-order valence-corrected chi connectivity index (χ1v) is 7.01. The average Bonchev–Trinajstić information content (AvgIpc) is 2.54. The fraction of sp³-hybridized carbons (Fsp3) is 0. The van der Waals surface area contributed by atoms with Crippen molar-refractivity contribution in [1.82, 2.24) is 0 Å². The van der Waals surface area contributed by atoms with Crippen LogP contribution < -0.4 is 11.5 Å². The van der Waals surface area contributed by atoms with Gasteiger partial charge in [-0.15, -0.1) is 5.10 Å². The molecule has 0 fully saturated rings. The van der Waals surface area contributed by atoms with Crippen LogP contribution >= 0.6 is 11.6 Å². The van der Waals surface area contributed by atoms with Crippen molar-refractivity contribution < 1.29 is 0 Å². The first-order valence-electron chi connectivity index (χ1n) is 6.64. The molecule has 112 valence electrons. The summed E-state index contributed by atoms with van der Waals surface area (Å²) in [4.78, 5) is 0. The van der Waals surface area contributed by atoms with E-state index in [1.807, 2.05) is 42.5 Å². The third-order valence-electron chi connectivity index (χ3n) is 2.63. The number of benzene rings is 2. The van der Waals surface area contributed by atoms with E-state index in [9.17, 15) is 0 Å². The molecule has 0 radical (unpaired) electrons. The number of hydrogen-bond donors (Lipinski definition) is 2. The molecule has 0 spiro atoms. The molecular formula is C18H13ClN4. The number of hydrogen-bond acceptors (Lipinski definition) is 2. The lowest BCUT2D eigenvalue weighted by Gasteiger charge is -1.92. The zero-order valence-electron chi connectivity index (χ0n) is 12.1. The van der Waals surface area contributed by atoms with Crippen molar-refractivity contribution in [3.8, 4) is 23.7 Å². The van der Waals surface area contributed by atoms with Gasteiger partial charge in [-0.05, 0) is 41.7 Å². The topological polar surface area (TPSA) is 76.8 Å². The molecule has 2 aromatic rings. The monoisotopic (exact) mass is 320 g/mol. The number of rotatable bonds is 2. The molecule has 0 saturated heterocycles. The van der Waals surface area contributed by atoms with E-state index in [1.54, 1.807) is 12.3 Å². The second-order valence-electron chi connectivity index (χ2n) is 4.37. The highest BCUT2D eigenvalue weighted by Crippen LogP contribution is 2.12. The minimum Gasteiger partial charge on any atom is -0.369 e. The third-order valence-corrected chi connectivity index (χ3v) is 2.96. The van der Waals surface area contributed by atoms with E-state index in [1.165, 1.54) is 0 Å². The highest BCUT2D eigenvalue weighted by molar-refractivity contribution is 6.31. The molecule has 2 rings (SSSR count). The van der Waals surface area contributed by atoms with Crippen molar-refractivity contribution in [1.29, 1.82) is 0 Å². The van der Waals surface area contributed by atoms with Crippen LogP contribution in [0, 0.1) is 23.7 Å². The second kappa shape index (κ2) is 8.29. The maximum absolute atomic E-state index is 6.01. The Morgan fingerprint density at radius 1 is 0.957 bits per heavy atom. The van der Waals surface area contributed by atoms with Crippen molar-refractivity contribution in [3.63, 3.8) is 0 Å². The Hall–Kier alpha value is -3.21. The molecule has 0 unspecified atom stereocenters. The largest absolute Gasteiger partial charge is 0.369 e. The Balaban J connectivity index is 2.04. The van der Waals surface area contributed by atoms with Crippen LogP contribution in [0.5, 0.6) is 0 Å². The minimum absolute atomic E-state index is 0.0826.